The van der Waals surface area contributed by atoms with Crippen LogP contribution in [0.2, 0.25) is 0 Å². The Morgan fingerprint density at radius 2 is 2.04 bits per heavy atom. The Bertz CT molecular complexity index is 867. The minimum Gasteiger partial charge on any atom is -0.303 e. The predicted octanol–water partition coefficient (Wildman–Crippen LogP) is 4.20. The highest BCUT2D eigenvalue weighted by atomic mass is 32.2. The molecule has 0 amide bonds. The molecule has 2 aromatic heterocycles. The summed E-state index contributed by atoms with van der Waals surface area (Å²) in [4.78, 5) is 10.3. The summed E-state index contributed by atoms with van der Waals surface area (Å²) in [6.45, 7) is 11.9. The van der Waals surface area contributed by atoms with Gasteiger partial charge in [0.05, 0.1) is 15.5 Å². The first-order valence-corrected chi connectivity index (χ1v) is 12.6. The Labute approximate surface area is 170 Å². The topological polar surface area (TPSA) is 62.3 Å². The SMILES string of the molecule is Cc1nc(-c2cc(S(=O)(=O)NCCCN3CCCC(C)C3)c(C)s2)sc1C. The van der Waals surface area contributed by atoms with Crippen LogP contribution in [0.1, 0.15) is 41.6 Å². The molecule has 150 valence electrons. The lowest BCUT2D eigenvalue weighted by Crippen LogP contribution is -2.36. The fourth-order valence-electron chi connectivity index (χ4n) is 3.49. The first-order valence-electron chi connectivity index (χ1n) is 9.53. The molecule has 3 rings (SSSR count). The fourth-order valence-corrected chi connectivity index (χ4v) is 7.12. The molecule has 5 nitrogen and oxygen atoms in total. The van der Waals surface area contributed by atoms with E-state index in [1.807, 2.05) is 20.8 Å². The molecule has 0 aromatic carbocycles. The van der Waals surface area contributed by atoms with Gasteiger partial charge in [-0.15, -0.1) is 22.7 Å². The maximum Gasteiger partial charge on any atom is 0.241 e. The van der Waals surface area contributed by atoms with E-state index in [0.717, 1.165) is 52.4 Å². The highest BCUT2D eigenvalue weighted by molar-refractivity contribution is 7.89. The van der Waals surface area contributed by atoms with E-state index in [4.69, 9.17) is 0 Å². The summed E-state index contributed by atoms with van der Waals surface area (Å²) in [5.74, 6) is 0.750. The molecule has 1 fully saturated rings. The van der Waals surface area contributed by atoms with Crippen molar-refractivity contribution in [1.82, 2.24) is 14.6 Å². The molecule has 8 heteroatoms. The molecule has 27 heavy (non-hydrogen) atoms. The first kappa shape index (κ1) is 20.9. The monoisotopic (exact) mass is 427 g/mol. The summed E-state index contributed by atoms with van der Waals surface area (Å²) >= 11 is 3.12. The van der Waals surface area contributed by atoms with Crippen molar-refractivity contribution in [2.75, 3.05) is 26.2 Å². The van der Waals surface area contributed by atoms with Crippen molar-refractivity contribution in [2.24, 2.45) is 5.92 Å². The molecule has 1 N–H and O–H groups in total. The Morgan fingerprint density at radius 3 is 2.70 bits per heavy atom. The zero-order valence-corrected chi connectivity index (χ0v) is 19.0. The maximum absolute atomic E-state index is 12.7. The van der Waals surface area contributed by atoms with Crippen molar-refractivity contribution in [3.8, 4) is 9.88 Å². The van der Waals surface area contributed by atoms with Gasteiger partial charge in [0.15, 0.2) is 0 Å². The van der Waals surface area contributed by atoms with E-state index in [2.05, 4.69) is 21.5 Å². The Balaban J connectivity index is 1.59. The lowest BCUT2D eigenvalue weighted by molar-refractivity contribution is 0.182. The molecule has 1 aliphatic heterocycles. The molecular weight excluding hydrogens is 398 g/mol. The molecule has 0 radical (unpaired) electrons. The standard InChI is InChI=1S/C19H29N3O2S3/c1-13-7-5-9-22(12-13)10-6-8-20-27(23,24)18-11-17(25-16(18)4)19-21-14(2)15(3)26-19/h11,13,20H,5-10,12H2,1-4H3. The lowest BCUT2D eigenvalue weighted by Gasteiger charge is -2.30. The second-order valence-corrected chi connectivity index (χ2v) is 11.7. The first-order chi connectivity index (χ1) is 12.8. The summed E-state index contributed by atoms with van der Waals surface area (Å²) in [6.07, 6.45) is 3.40. The third-order valence-electron chi connectivity index (χ3n) is 5.09. The van der Waals surface area contributed by atoms with E-state index < -0.39 is 10.0 Å². The summed E-state index contributed by atoms with van der Waals surface area (Å²) in [6, 6.07) is 1.77. The van der Waals surface area contributed by atoms with E-state index in [0.29, 0.717) is 11.4 Å². The van der Waals surface area contributed by atoms with Crippen LogP contribution in [0.15, 0.2) is 11.0 Å². The van der Waals surface area contributed by atoms with Crippen molar-refractivity contribution in [1.29, 1.82) is 0 Å². The minimum atomic E-state index is -3.48. The van der Waals surface area contributed by atoms with Crippen LogP contribution in [0.4, 0.5) is 0 Å². The minimum absolute atomic E-state index is 0.389. The van der Waals surface area contributed by atoms with Crippen LogP contribution in [0, 0.1) is 26.7 Å². The molecule has 3 heterocycles. The zero-order valence-electron chi connectivity index (χ0n) is 16.5. The molecule has 1 saturated heterocycles. The molecule has 0 spiro atoms. The molecule has 1 atom stereocenters. The van der Waals surface area contributed by atoms with Crippen molar-refractivity contribution < 1.29 is 8.42 Å². The summed E-state index contributed by atoms with van der Waals surface area (Å²) in [7, 11) is -3.48. The largest absolute Gasteiger partial charge is 0.303 e. The number of aryl methyl sites for hydroxylation is 3. The average Bonchev–Trinajstić information content (AvgIpc) is 3.15. The number of hydrogen-bond donors (Lipinski definition) is 1. The van der Waals surface area contributed by atoms with Crippen LogP contribution in [0.25, 0.3) is 9.88 Å². The number of thiophene rings is 1. The predicted molar refractivity (Wildman–Crippen MR) is 114 cm³/mol. The van der Waals surface area contributed by atoms with Gasteiger partial charge >= 0.3 is 0 Å². The van der Waals surface area contributed by atoms with Crippen LogP contribution in [-0.4, -0.2) is 44.5 Å². The van der Waals surface area contributed by atoms with Gasteiger partial charge in [0, 0.05) is 22.8 Å². The third-order valence-corrected chi connectivity index (χ3v) is 9.09. The molecule has 0 saturated carbocycles. The third kappa shape index (κ3) is 5.17. The number of nitrogens with zero attached hydrogens (tertiary/aromatic N) is 2. The van der Waals surface area contributed by atoms with Crippen LogP contribution in [0.5, 0.6) is 0 Å². The van der Waals surface area contributed by atoms with Crippen LogP contribution in [0.3, 0.4) is 0 Å². The number of rotatable bonds is 7. The van der Waals surface area contributed by atoms with Gasteiger partial charge in [-0.1, -0.05) is 6.92 Å². The Morgan fingerprint density at radius 1 is 1.26 bits per heavy atom. The fraction of sp³-hybridized carbons (Fsp3) is 0.632. The highest BCUT2D eigenvalue weighted by Gasteiger charge is 2.22. The highest BCUT2D eigenvalue weighted by Crippen LogP contribution is 2.36. The van der Waals surface area contributed by atoms with Gasteiger partial charge in [-0.2, -0.15) is 0 Å². The van der Waals surface area contributed by atoms with Crippen molar-refractivity contribution in [3.05, 3.63) is 21.5 Å². The molecule has 1 aliphatic rings. The zero-order chi connectivity index (χ0) is 19.6. The van der Waals surface area contributed by atoms with Crippen LogP contribution >= 0.6 is 22.7 Å². The molecule has 1 unspecified atom stereocenters. The molecule has 0 aliphatic carbocycles. The van der Waals surface area contributed by atoms with E-state index in [9.17, 15) is 8.42 Å². The van der Waals surface area contributed by atoms with Gasteiger partial charge in [0.25, 0.3) is 0 Å². The van der Waals surface area contributed by atoms with E-state index >= 15 is 0 Å². The van der Waals surface area contributed by atoms with Gasteiger partial charge < -0.3 is 4.90 Å². The smallest absolute Gasteiger partial charge is 0.241 e. The van der Waals surface area contributed by atoms with E-state index in [1.54, 1.807) is 17.4 Å². The van der Waals surface area contributed by atoms with Gasteiger partial charge in [-0.3, -0.25) is 0 Å². The number of aromatic nitrogens is 1. The summed E-state index contributed by atoms with van der Waals surface area (Å²) in [5.41, 5.74) is 1.01. The van der Waals surface area contributed by atoms with Gasteiger partial charge in [0.1, 0.15) is 5.01 Å². The van der Waals surface area contributed by atoms with Crippen molar-refractivity contribution in [2.45, 2.75) is 51.9 Å². The van der Waals surface area contributed by atoms with Gasteiger partial charge in [0.2, 0.25) is 10.0 Å². The second kappa shape index (κ2) is 8.69. The van der Waals surface area contributed by atoms with E-state index in [1.165, 1.54) is 29.1 Å². The van der Waals surface area contributed by atoms with Gasteiger partial charge in [-0.05, 0) is 65.1 Å². The number of sulfonamides is 1. The maximum atomic E-state index is 12.7. The number of likely N-dealkylation sites (tertiary alicyclic amines) is 1. The summed E-state index contributed by atoms with van der Waals surface area (Å²) < 4.78 is 28.3. The number of piperidine rings is 1. The number of thiazole rings is 1. The quantitative estimate of drug-likeness (QED) is 0.673. The lowest BCUT2D eigenvalue weighted by atomic mass is 10.0. The normalized spacial score (nSPS) is 18.9. The molecule has 0 bridgehead atoms. The number of nitrogens with one attached hydrogen (secondary N) is 1. The van der Waals surface area contributed by atoms with E-state index in [-0.39, 0.29) is 0 Å². The van der Waals surface area contributed by atoms with Crippen molar-refractivity contribution >= 4 is 32.7 Å². The van der Waals surface area contributed by atoms with Crippen LogP contribution < -0.4 is 4.72 Å². The Kier molecular flexibility index (Phi) is 6.74. The number of hydrogen-bond acceptors (Lipinski definition) is 6. The molecule has 2 aromatic rings. The van der Waals surface area contributed by atoms with Crippen LogP contribution in [-0.2, 0) is 10.0 Å². The average molecular weight is 428 g/mol. The summed E-state index contributed by atoms with van der Waals surface area (Å²) in [5, 5.41) is 0.902. The molecular formula is C19H29N3O2S3. The van der Waals surface area contributed by atoms with Crippen molar-refractivity contribution in [3.63, 3.8) is 0 Å². The Hall–Kier alpha value is -0.800. The van der Waals surface area contributed by atoms with Gasteiger partial charge in [-0.25, -0.2) is 18.1 Å². The second-order valence-electron chi connectivity index (χ2n) is 7.49.